The summed E-state index contributed by atoms with van der Waals surface area (Å²) in [6.07, 6.45) is 0.442. The summed E-state index contributed by atoms with van der Waals surface area (Å²) in [4.78, 5) is 6.58. The number of nitrogens with zero attached hydrogens (tertiary/aromatic N) is 4. The summed E-state index contributed by atoms with van der Waals surface area (Å²) in [6, 6.07) is 3.13. The van der Waals surface area contributed by atoms with Crippen LogP contribution in [0.2, 0.25) is 0 Å². The Kier molecular flexibility index (Phi) is 4.48. The van der Waals surface area contributed by atoms with Gasteiger partial charge in [0.2, 0.25) is 0 Å². The van der Waals surface area contributed by atoms with Gasteiger partial charge in [-0.25, -0.2) is 4.98 Å². The fourth-order valence-corrected chi connectivity index (χ4v) is 1.13. The number of halogens is 1. The predicted octanol–water partition coefficient (Wildman–Crippen LogP) is 2.60. The molecule has 0 aliphatic carbocycles. The minimum atomic E-state index is 0.0366. The van der Waals surface area contributed by atoms with E-state index in [4.69, 9.17) is 5.53 Å². The monoisotopic (exact) mass is 266 g/mol. The molecule has 5 nitrogen and oxygen atoms in total. The zero-order chi connectivity index (χ0) is 11.1. The van der Waals surface area contributed by atoms with Gasteiger partial charge in [-0.05, 0) is 39.5 Å². The van der Waals surface area contributed by atoms with E-state index in [1.54, 1.807) is 6.07 Å². The Balaban J connectivity index is 2.70. The standard InChI is InChI=1S/C9H7BrN4O/c10-9-5-4-8(15)7(13-9)3-1-2-6-12-14-11/h4-5,15H,2,6H2. The van der Waals surface area contributed by atoms with E-state index in [0.29, 0.717) is 23.3 Å². The molecule has 0 saturated heterocycles. The fraction of sp³-hybridized carbons (Fsp3) is 0.222. The third-order valence-electron chi connectivity index (χ3n) is 1.45. The highest BCUT2D eigenvalue weighted by Crippen LogP contribution is 2.16. The van der Waals surface area contributed by atoms with Gasteiger partial charge in [-0.15, -0.1) is 0 Å². The number of aromatic hydroxyl groups is 1. The molecular formula is C9H7BrN4O. The summed E-state index contributed by atoms with van der Waals surface area (Å²) in [5, 5.41) is 12.7. The first-order valence-corrected chi connectivity index (χ1v) is 4.88. The highest BCUT2D eigenvalue weighted by molar-refractivity contribution is 9.10. The average Bonchev–Trinajstić information content (AvgIpc) is 2.23. The lowest BCUT2D eigenvalue weighted by Gasteiger charge is -1.95. The SMILES string of the molecule is [N-]=[N+]=NCCC#Cc1nc(Br)ccc1O. The largest absolute Gasteiger partial charge is 0.505 e. The first-order chi connectivity index (χ1) is 7.24. The molecule has 0 atom stereocenters. The van der Waals surface area contributed by atoms with Crippen molar-refractivity contribution in [1.82, 2.24) is 4.98 Å². The number of hydrogen-bond acceptors (Lipinski definition) is 3. The Labute approximate surface area is 94.9 Å². The topological polar surface area (TPSA) is 81.9 Å². The minimum Gasteiger partial charge on any atom is -0.505 e. The average molecular weight is 267 g/mol. The van der Waals surface area contributed by atoms with E-state index in [-0.39, 0.29) is 5.75 Å². The molecule has 1 aromatic rings. The molecule has 76 valence electrons. The molecule has 1 heterocycles. The van der Waals surface area contributed by atoms with Gasteiger partial charge in [-0.3, -0.25) is 0 Å². The second-order valence-electron chi connectivity index (χ2n) is 2.51. The second-order valence-corrected chi connectivity index (χ2v) is 3.32. The van der Waals surface area contributed by atoms with Crippen LogP contribution < -0.4 is 0 Å². The van der Waals surface area contributed by atoms with Crippen LogP contribution in [0.4, 0.5) is 0 Å². The van der Waals surface area contributed by atoms with E-state index < -0.39 is 0 Å². The molecule has 0 aromatic carbocycles. The van der Waals surface area contributed by atoms with Crippen molar-refractivity contribution in [1.29, 1.82) is 0 Å². The Morgan fingerprint density at radius 2 is 2.40 bits per heavy atom. The van der Waals surface area contributed by atoms with E-state index in [1.165, 1.54) is 6.07 Å². The van der Waals surface area contributed by atoms with Crippen molar-refractivity contribution in [3.05, 3.63) is 32.9 Å². The maximum atomic E-state index is 9.37. The van der Waals surface area contributed by atoms with Gasteiger partial charge in [0.15, 0.2) is 5.69 Å². The Morgan fingerprint density at radius 1 is 1.60 bits per heavy atom. The zero-order valence-corrected chi connectivity index (χ0v) is 9.27. The van der Waals surface area contributed by atoms with Gasteiger partial charge in [-0.2, -0.15) is 0 Å². The summed E-state index contributed by atoms with van der Waals surface area (Å²) in [7, 11) is 0. The van der Waals surface area contributed by atoms with Crippen LogP contribution in [0.15, 0.2) is 21.9 Å². The van der Waals surface area contributed by atoms with E-state index in [9.17, 15) is 5.11 Å². The highest BCUT2D eigenvalue weighted by atomic mass is 79.9. The number of aromatic nitrogens is 1. The first-order valence-electron chi connectivity index (χ1n) is 4.09. The van der Waals surface area contributed by atoms with Crippen molar-refractivity contribution in [2.24, 2.45) is 5.11 Å². The van der Waals surface area contributed by atoms with Gasteiger partial charge >= 0.3 is 0 Å². The van der Waals surface area contributed by atoms with Crippen molar-refractivity contribution in [3.8, 4) is 17.6 Å². The van der Waals surface area contributed by atoms with Gasteiger partial charge in [0.25, 0.3) is 0 Å². The van der Waals surface area contributed by atoms with Gasteiger partial charge in [0, 0.05) is 17.9 Å². The molecule has 6 heteroatoms. The summed E-state index contributed by atoms with van der Waals surface area (Å²) in [5.41, 5.74) is 8.33. The molecule has 0 fully saturated rings. The lowest BCUT2D eigenvalue weighted by molar-refractivity contribution is 0.470. The van der Waals surface area contributed by atoms with E-state index in [0.717, 1.165) is 0 Å². The Morgan fingerprint density at radius 3 is 3.13 bits per heavy atom. The number of rotatable bonds is 2. The number of hydrogen-bond donors (Lipinski definition) is 1. The molecule has 15 heavy (non-hydrogen) atoms. The maximum absolute atomic E-state index is 9.37. The van der Waals surface area contributed by atoms with E-state index in [1.807, 2.05) is 0 Å². The van der Waals surface area contributed by atoms with Crippen LogP contribution in [0, 0.1) is 11.8 Å². The molecule has 1 aromatic heterocycles. The molecule has 0 unspecified atom stereocenters. The molecule has 1 rings (SSSR count). The molecule has 0 aliphatic heterocycles. The highest BCUT2D eigenvalue weighted by Gasteiger charge is 1.98. The molecule has 0 saturated carbocycles. The van der Waals surface area contributed by atoms with Gasteiger partial charge in [-0.1, -0.05) is 11.0 Å². The Hall–Kier alpha value is -1.70. The lowest BCUT2D eigenvalue weighted by Crippen LogP contribution is -1.84. The molecule has 0 radical (unpaired) electrons. The van der Waals surface area contributed by atoms with Crippen LogP contribution in [-0.2, 0) is 0 Å². The third-order valence-corrected chi connectivity index (χ3v) is 1.89. The smallest absolute Gasteiger partial charge is 0.156 e. The molecule has 0 aliphatic rings. The fourth-order valence-electron chi connectivity index (χ4n) is 0.817. The van der Waals surface area contributed by atoms with Crippen LogP contribution >= 0.6 is 15.9 Å². The molecule has 1 N–H and O–H groups in total. The van der Waals surface area contributed by atoms with Crippen LogP contribution in [0.1, 0.15) is 12.1 Å². The van der Waals surface area contributed by atoms with Crippen molar-refractivity contribution >= 4 is 15.9 Å². The van der Waals surface area contributed by atoms with Gasteiger partial charge in [0.1, 0.15) is 10.4 Å². The lowest BCUT2D eigenvalue weighted by atomic mass is 10.3. The quantitative estimate of drug-likeness (QED) is 0.223. The predicted molar refractivity (Wildman–Crippen MR) is 59.1 cm³/mol. The summed E-state index contributed by atoms with van der Waals surface area (Å²) < 4.78 is 0.611. The molecule has 0 amide bonds. The zero-order valence-electron chi connectivity index (χ0n) is 7.68. The summed E-state index contributed by atoms with van der Waals surface area (Å²) in [5.74, 6) is 5.47. The normalized spacial score (nSPS) is 8.60. The van der Waals surface area contributed by atoms with Crippen LogP contribution in [0.5, 0.6) is 5.75 Å². The second kappa shape index (κ2) is 5.91. The van der Waals surface area contributed by atoms with Crippen molar-refractivity contribution in [2.45, 2.75) is 6.42 Å². The molecule has 0 spiro atoms. The van der Waals surface area contributed by atoms with Crippen LogP contribution in [0.3, 0.4) is 0 Å². The van der Waals surface area contributed by atoms with Crippen molar-refractivity contribution in [2.75, 3.05) is 6.54 Å². The van der Waals surface area contributed by atoms with Gasteiger partial charge in [0.05, 0.1) is 0 Å². The minimum absolute atomic E-state index is 0.0366. The van der Waals surface area contributed by atoms with Crippen LogP contribution in [-0.4, -0.2) is 16.6 Å². The number of pyridine rings is 1. The van der Waals surface area contributed by atoms with E-state index >= 15 is 0 Å². The summed E-state index contributed by atoms with van der Waals surface area (Å²) in [6.45, 7) is 0.318. The van der Waals surface area contributed by atoms with Crippen molar-refractivity contribution < 1.29 is 5.11 Å². The summed E-state index contributed by atoms with van der Waals surface area (Å²) >= 11 is 3.17. The van der Waals surface area contributed by atoms with Gasteiger partial charge < -0.3 is 5.11 Å². The maximum Gasteiger partial charge on any atom is 0.156 e. The molecule has 0 bridgehead atoms. The number of azide groups is 1. The van der Waals surface area contributed by atoms with E-state index in [2.05, 4.69) is 42.8 Å². The van der Waals surface area contributed by atoms with Crippen molar-refractivity contribution in [3.63, 3.8) is 0 Å². The first kappa shape index (κ1) is 11.4. The third kappa shape index (κ3) is 3.90. The Bertz CT molecular complexity index is 457. The van der Waals surface area contributed by atoms with Crippen LogP contribution in [0.25, 0.3) is 10.4 Å². The molecular weight excluding hydrogens is 260 g/mol.